The van der Waals surface area contributed by atoms with E-state index in [0.29, 0.717) is 6.61 Å². The molecule has 2 aromatic carbocycles. The zero-order valence-electron chi connectivity index (χ0n) is 9.38. The van der Waals surface area contributed by atoms with Crippen LogP contribution in [0.25, 0.3) is 0 Å². The van der Waals surface area contributed by atoms with E-state index in [1.807, 2.05) is 24.3 Å². The Kier molecular flexibility index (Phi) is 4.14. The van der Waals surface area contributed by atoms with Crippen molar-refractivity contribution in [2.75, 3.05) is 0 Å². The molecule has 0 N–H and O–H groups in total. The van der Waals surface area contributed by atoms with Crippen molar-refractivity contribution in [3.63, 3.8) is 0 Å². The number of ether oxygens (including phenoxy) is 1. The SMILES string of the molecule is O=[N+]([O-])c1ccc(COc2ccccc2I)cc1. The lowest BCUT2D eigenvalue weighted by Crippen LogP contribution is -1.97. The summed E-state index contributed by atoms with van der Waals surface area (Å²) in [6, 6.07) is 14.1. The summed E-state index contributed by atoms with van der Waals surface area (Å²) in [7, 11) is 0. The van der Waals surface area contributed by atoms with Crippen LogP contribution in [-0.4, -0.2) is 4.92 Å². The third-order valence-electron chi connectivity index (χ3n) is 2.38. The number of halogens is 1. The van der Waals surface area contributed by atoms with Crippen molar-refractivity contribution in [2.45, 2.75) is 6.61 Å². The van der Waals surface area contributed by atoms with Gasteiger partial charge in [0.2, 0.25) is 0 Å². The van der Waals surface area contributed by atoms with E-state index in [9.17, 15) is 10.1 Å². The number of nitro groups is 1. The summed E-state index contributed by atoms with van der Waals surface area (Å²) in [5.41, 5.74) is 0.994. The van der Waals surface area contributed by atoms with E-state index >= 15 is 0 Å². The fourth-order valence-corrected chi connectivity index (χ4v) is 1.98. The van der Waals surface area contributed by atoms with Crippen LogP contribution in [-0.2, 0) is 6.61 Å². The molecule has 92 valence electrons. The Morgan fingerprint density at radius 2 is 1.78 bits per heavy atom. The first kappa shape index (κ1) is 12.8. The number of nitro benzene ring substituents is 1. The normalized spacial score (nSPS) is 10.1. The van der Waals surface area contributed by atoms with Gasteiger partial charge in [-0.3, -0.25) is 10.1 Å². The van der Waals surface area contributed by atoms with Gasteiger partial charge < -0.3 is 4.74 Å². The van der Waals surface area contributed by atoms with Crippen molar-refractivity contribution in [3.8, 4) is 5.75 Å². The van der Waals surface area contributed by atoms with Gasteiger partial charge in [-0.2, -0.15) is 0 Å². The van der Waals surface area contributed by atoms with Crippen LogP contribution >= 0.6 is 22.6 Å². The van der Waals surface area contributed by atoms with Gasteiger partial charge in [0.15, 0.2) is 0 Å². The lowest BCUT2D eigenvalue weighted by molar-refractivity contribution is -0.384. The van der Waals surface area contributed by atoms with Gasteiger partial charge in [-0.15, -0.1) is 0 Å². The highest BCUT2D eigenvalue weighted by atomic mass is 127. The number of hydrogen-bond donors (Lipinski definition) is 0. The molecule has 0 radical (unpaired) electrons. The average molecular weight is 355 g/mol. The number of non-ortho nitro benzene ring substituents is 1. The molecule has 0 unspecified atom stereocenters. The molecule has 4 nitrogen and oxygen atoms in total. The number of rotatable bonds is 4. The smallest absolute Gasteiger partial charge is 0.269 e. The molecule has 0 aromatic heterocycles. The minimum Gasteiger partial charge on any atom is -0.488 e. The summed E-state index contributed by atoms with van der Waals surface area (Å²) >= 11 is 2.20. The molecule has 0 saturated heterocycles. The molecule has 0 fully saturated rings. The maximum atomic E-state index is 10.5. The molecule has 0 aliphatic rings. The number of para-hydroxylation sites is 1. The number of benzene rings is 2. The van der Waals surface area contributed by atoms with Crippen LogP contribution in [0.2, 0.25) is 0 Å². The third-order valence-corrected chi connectivity index (χ3v) is 3.27. The van der Waals surface area contributed by atoms with Crippen LogP contribution in [0.1, 0.15) is 5.56 Å². The molecule has 0 spiro atoms. The largest absolute Gasteiger partial charge is 0.488 e. The summed E-state index contributed by atoms with van der Waals surface area (Å²) in [6.07, 6.45) is 0. The Morgan fingerprint density at radius 1 is 1.11 bits per heavy atom. The Morgan fingerprint density at radius 3 is 2.39 bits per heavy atom. The zero-order valence-corrected chi connectivity index (χ0v) is 11.5. The monoisotopic (exact) mass is 355 g/mol. The fraction of sp³-hybridized carbons (Fsp3) is 0.0769. The van der Waals surface area contributed by atoms with E-state index in [4.69, 9.17) is 4.74 Å². The standard InChI is InChI=1S/C13H10INO3/c14-12-3-1-2-4-13(12)18-9-10-5-7-11(8-6-10)15(16)17/h1-8H,9H2. The molecule has 0 saturated carbocycles. The van der Waals surface area contributed by atoms with Crippen molar-refractivity contribution in [3.05, 3.63) is 67.8 Å². The molecule has 0 aliphatic heterocycles. The summed E-state index contributed by atoms with van der Waals surface area (Å²) in [4.78, 5) is 10.1. The molecule has 0 heterocycles. The maximum absolute atomic E-state index is 10.5. The summed E-state index contributed by atoms with van der Waals surface area (Å²) < 4.78 is 6.68. The first-order valence-corrected chi connectivity index (χ1v) is 6.35. The van der Waals surface area contributed by atoms with Gasteiger partial charge in [-0.05, 0) is 52.4 Å². The van der Waals surface area contributed by atoms with Gasteiger partial charge in [0, 0.05) is 12.1 Å². The second-order valence-electron chi connectivity index (χ2n) is 3.64. The average Bonchev–Trinajstić information content (AvgIpc) is 2.38. The summed E-state index contributed by atoms with van der Waals surface area (Å²) in [5, 5.41) is 10.5. The maximum Gasteiger partial charge on any atom is 0.269 e. The second-order valence-corrected chi connectivity index (χ2v) is 4.80. The molecule has 2 aromatic rings. The predicted octanol–water partition coefficient (Wildman–Crippen LogP) is 3.78. The van der Waals surface area contributed by atoms with E-state index in [0.717, 1.165) is 14.9 Å². The first-order valence-electron chi connectivity index (χ1n) is 5.27. The fourth-order valence-electron chi connectivity index (χ4n) is 1.44. The summed E-state index contributed by atoms with van der Waals surface area (Å²) in [5.74, 6) is 0.816. The molecule has 5 heteroatoms. The highest BCUT2D eigenvalue weighted by molar-refractivity contribution is 14.1. The molecular weight excluding hydrogens is 345 g/mol. The van der Waals surface area contributed by atoms with Crippen LogP contribution in [0.3, 0.4) is 0 Å². The van der Waals surface area contributed by atoms with E-state index in [-0.39, 0.29) is 5.69 Å². The Balaban J connectivity index is 2.02. The minimum absolute atomic E-state index is 0.0908. The van der Waals surface area contributed by atoms with E-state index < -0.39 is 4.92 Å². The zero-order chi connectivity index (χ0) is 13.0. The van der Waals surface area contributed by atoms with Crippen LogP contribution < -0.4 is 4.74 Å². The molecule has 2 rings (SSSR count). The van der Waals surface area contributed by atoms with Crippen LogP contribution in [0.5, 0.6) is 5.75 Å². The van der Waals surface area contributed by atoms with Crippen LogP contribution in [0.15, 0.2) is 48.5 Å². The Labute approximate surface area is 118 Å². The Hall–Kier alpha value is -1.63. The lowest BCUT2D eigenvalue weighted by Gasteiger charge is -2.07. The highest BCUT2D eigenvalue weighted by Gasteiger charge is 2.05. The van der Waals surface area contributed by atoms with Crippen LogP contribution in [0.4, 0.5) is 5.69 Å². The van der Waals surface area contributed by atoms with Crippen molar-refractivity contribution in [2.24, 2.45) is 0 Å². The Bertz CT molecular complexity index is 554. The first-order chi connectivity index (χ1) is 8.66. The molecule has 0 aliphatic carbocycles. The number of nitrogens with zero attached hydrogens (tertiary/aromatic N) is 1. The second kappa shape index (κ2) is 5.81. The van der Waals surface area contributed by atoms with Crippen molar-refractivity contribution < 1.29 is 9.66 Å². The predicted molar refractivity (Wildman–Crippen MR) is 76.6 cm³/mol. The molecular formula is C13H10INO3. The van der Waals surface area contributed by atoms with Gasteiger partial charge in [0.1, 0.15) is 12.4 Å². The topological polar surface area (TPSA) is 52.4 Å². The molecule has 0 atom stereocenters. The summed E-state index contributed by atoms with van der Waals surface area (Å²) in [6.45, 7) is 0.401. The van der Waals surface area contributed by atoms with Crippen LogP contribution in [0, 0.1) is 13.7 Å². The molecule has 18 heavy (non-hydrogen) atoms. The van der Waals surface area contributed by atoms with Crippen molar-refractivity contribution in [1.29, 1.82) is 0 Å². The van der Waals surface area contributed by atoms with E-state index in [1.165, 1.54) is 12.1 Å². The quantitative estimate of drug-likeness (QED) is 0.477. The van der Waals surface area contributed by atoms with Gasteiger partial charge in [-0.25, -0.2) is 0 Å². The minimum atomic E-state index is -0.412. The van der Waals surface area contributed by atoms with Gasteiger partial charge in [0.25, 0.3) is 5.69 Å². The third kappa shape index (κ3) is 3.19. The number of hydrogen-bond acceptors (Lipinski definition) is 3. The van der Waals surface area contributed by atoms with Crippen molar-refractivity contribution in [1.82, 2.24) is 0 Å². The van der Waals surface area contributed by atoms with E-state index in [2.05, 4.69) is 22.6 Å². The lowest BCUT2D eigenvalue weighted by atomic mass is 10.2. The van der Waals surface area contributed by atoms with Crippen molar-refractivity contribution >= 4 is 28.3 Å². The molecule has 0 amide bonds. The van der Waals surface area contributed by atoms with Gasteiger partial charge in [0.05, 0.1) is 8.49 Å². The highest BCUT2D eigenvalue weighted by Crippen LogP contribution is 2.21. The van der Waals surface area contributed by atoms with E-state index in [1.54, 1.807) is 12.1 Å². The van der Waals surface area contributed by atoms with Gasteiger partial charge >= 0.3 is 0 Å². The molecule has 0 bridgehead atoms. The van der Waals surface area contributed by atoms with Gasteiger partial charge in [-0.1, -0.05) is 12.1 Å².